The van der Waals surface area contributed by atoms with Crippen molar-refractivity contribution in [3.63, 3.8) is 0 Å². The zero-order chi connectivity index (χ0) is 24.8. The average Bonchev–Trinajstić information content (AvgIpc) is 3.55. The van der Waals surface area contributed by atoms with Crippen LogP contribution in [0.5, 0.6) is 0 Å². The molecule has 4 rings (SSSR count). The first-order chi connectivity index (χ1) is 16.9. The van der Waals surface area contributed by atoms with E-state index in [1.807, 2.05) is 0 Å². The monoisotopic (exact) mass is 485 g/mol. The summed E-state index contributed by atoms with van der Waals surface area (Å²) in [5.41, 5.74) is 6.39. The second kappa shape index (κ2) is 13.7. The van der Waals surface area contributed by atoms with Gasteiger partial charge >= 0.3 is 0 Å². The Kier molecular flexibility index (Phi) is 10.9. The van der Waals surface area contributed by atoms with E-state index in [4.69, 9.17) is 5.73 Å². The molecule has 1 nitrogen and oxygen atoms in total. The van der Waals surface area contributed by atoms with Crippen molar-refractivity contribution in [1.29, 1.82) is 0 Å². The van der Waals surface area contributed by atoms with Crippen LogP contribution in [0, 0.1) is 59.2 Å². The van der Waals surface area contributed by atoms with Gasteiger partial charge in [-0.1, -0.05) is 66.2 Å². The molecule has 204 valence electrons. The normalized spacial score (nSPS) is 37.5. The van der Waals surface area contributed by atoms with Crippen molar-refractivity contribution in [2.45, 2.75) is 156 Å². The van der Waals surface area contributed by atoms with Crippen LogP contribution in [0.25, 0.3) is 0 Å². The van der Waals surface area contributed by atoms with E-state index in [2.05, 4.69) is 27.7 Å². The lowest BCUT2D eigenvalue weighted by atomic mass is 9.65. The number of hydrogen-bond donors (Lipinski definition) is 1. The van der Waals surface area contributed by atoms with Crippen molar-refractivity contribution in [2.24, 2.45) is 64.9 Å². The van der Waals surface area contributed by atoms with Crippen molar-refractivity contribution >= 4 is 0 Å². The molecule has 0 heterocycles. The van der Waals surface area contributed by atoms with Crippen LogP contribution in [0.3, 0.4) is 0 Å². The molecule has 4 aliphatic carbocycles. The van der Waals surface area contributed by atoms with Crippen LogP contribution >= 0.6 is 0 Å². The van der Waals surface area contributed by atoms with Gasteiger partial charge in [-0.25, -0.2) is 0 Å². The second-order valence-electron chi connectivity index (χ2n) is 15.0. The van der Waals surface area contributed by atoms with E-state index in [9.17, 15) is 0 Å². The molecule has 0 aliphatic heterocycles. The van der Waals surface area contributed by atoms with E-state index in [-0.39, 0.29) is 0 Å². The SMILES string of the molecule is CC(C)CC(N)CC(C)CCC(C)C1CCC(C2CCC(C3CCC(C4CCCC4)CC3)CC2)C1. The summed E-state index contributed by atoms with van der Waals surface area (Å²) in [6, 6.07) is 0.411. The molecule has 4 fully saturated rings. The quantitative estimate of drug-likeness (QED) is 0.309. The molecule has 0 bridgehead atoms. The second-order valence-corrected chi connectivity index (χ2v) is 15.0. The lowest BCUT2D eigenvalue weighted by Crippen LogP contribution is -2.29. The van der Waals surface area contributed by atoms with Crippen molar-refractivity contribution in [1.82, 2.24) is 0 Å². The smallest absolute Gasteiger partial charge is 0.00437 e. The van der Waals surface area contributed by atoms with Crippen LogP contribution in [-0.4, -0.2) is 6.04 Å². The standard InChI is InChI=1S/C34H63N/c1-24(2)21-34(35)22-25(3)9-10-26(4)32-19-20-33(23-32)31-17-15-30(16-18-31)29-13-11-28(12-14-29)27-7-5-6-8-27/h24-34H,5-23,35H2,1-4H3. The summed E-state index contributed by atoms with van der Waals surface area (Å²) in [5.74, 6) is 10.0. The topological polar surface area (TPSA) is 26.0 Å². The molecule has 0 aromatic carbocycles. The van der Waals surface area contributed by atoms with Crippen molar-refractivity contribution in [2.75, 3.05) is 0 Å². The van der Waals surface area contributed by atoms with E-state index in [1.54, 1.807) is 77.0 Å². The molecule has 5 atom stereocenters. The summed E-state index contributed by atoms with van der Waals surface area (Å²) in [5, 5.41) is 0. The van der Waals surface area contributed by atoms with Crippen LogP contribution in [0.2, 0.25) is 0 Å². The molecule has 0 saturated heterocycles. The van der Waals surface area contributed by atoms with Crippen molar-refractivity contribution in [3.8, 4) is 0 Å². The maximum Gasteiger partial charge on any atom is 0.00437 e. The fourth-order valence-corrected chi connectivity index (χ4v) is 9.72. The van der Waals surface area contributed by atoms with E-state index in [0.29, 0.717) is 6.04 Å². The Hall–Kier alpha value is -0.0400. The lowest BCUT2D eigenvalue weighted by Gasteiger charge is -2.40. The van der Waals surface area contributed by atoms with E-state index in [1.165, 1.54) is 44.9 Å². The fourth-order valence-electron chi connectivity index (χ4n) is 9.72. The average molecular weight is 486 g/mol. The van der Waals surface area contributed by atoms with Gasteiger partial charge < -0.3 is 5.73 Å². The third-order valence-electron chi connectivity index (χ3n) is 11.9. The molecule has 0 spiro atoms. The van der Waals surface area contributed by atoms with Gasteiger partial charge in [0, 0.05) is 6.04 Å². The largest absolute Gasteiger partial charge is 0.328 e. The molecule has 0 radical (unpaired) electrons. The van der Waals surface area contributed by atoms with Crippen molar-refractivity contribution in [3.05, 3.63) is 0 Å². The predicted molar refractivity (Wildman–Crippen MR) is 153 cm³/mol. The van der Waals surface area contributed by atoms with Gasteiger partial charge in [0.25, 0.3) is 0 Å². The van der Waals surface area contributed by atoms with Gasteiger partial charge in [0.1, 0.15) is 0 Å². The first-order valence-corrected chi connectivity index (χ1v) is 16.6. The van der Waals surface area contributed by atoms with Gasteiger partial charge in [-0.05, 0) is 143 Å². The molecule has 35 heavy (non-hydrogen) atoms. The summed E-state index contributed by atoms with van der Waals surface area (Å²) >= 11 is 0. The highest BCUT2D eigenvalue weighted by atomic mass is 14.6. The molecular formula is C34H63N. The highest BCUT2D eigenvalue weighted by Crippen LogP contribution is 2.49. The Bertz CT molecular complexity index is 575. The molecule has 0 aromatic heterocycles. The molecule has 5 unspecified atom stereocenters. The van der Waals surface area contributed by atoms with Gasteiger partial charge in [-0.2, -0.15) is 0 Å². The predicted octanol–water partition coefficient (Wildman–Crippen LogP) is 10.0. The summed E-state index contributed by atoms with van der Waals surface area (Å²) in [6.07, 6.45) is 28.7. The van der Waals surface area contributed by atoms with Crippen LogP contribution in [-0.2, 0) is 0 Å². The van der Waals surface area contributed by atoms with E-state index >= 15 is 0 Å². The Morgan fingerprint density at radius 3 is 1.51 bits per heavy atom. The summed E-state index contributed by atoms with van der Waals surface area (Å²) in [6.45, 7) is 9.63. The zero-order valence-electron chi connectivity index (χ0n) is 24.4. The maximum atomic E-state index is 6.39. The molecule has 0 amide bonds. The Morgan fingerprint density at radius 1 is 0.543 bits per heavy atom. The highest BCUT2D eigenvalue weighted by molar-refractivity contribution is 4.89. The van der Waals surface area contributed by atoms with E-state index in [0.717, 1.165) is 59.2 Å². The lowest BCUT2D eigenvalue weighted by molar-refractivity contribution is 0.110. The van der Waals surface area contributed by atoms with Gasteiger partial charge in [-0.15, -0.1) is 0 Å². The Labute approximate surface area is 220 Å². The minimum absolute atomic E-state index is 0.411. The summed E-state index contributed by atoms with van der Waals surface area (Å²) in [4.78, 5) is 0. The molecule has 1 heteroatoms. The number of nitrogens with two attached hydrogens (primary N) is 1. The molecule has 0 aromatic rings. The van der Waals surface area contributed by atoms with Crippen molar-refractivity contribution < 1.29 is 0 Å². The minimum atomic E-state index is 0.411. The Balaban J connectivity index is 1.11. The summed E-state index contributed by atoms with van der Waals surface area (Å²) < 4.78 is 0. The fraction of sp³-hybridized carbons (Fsp3) is 1.00. The number of rotatable bonds is 11. The first kappa shape index (κ1) is 28.0. The van der Waals surface area contributed by atoms with Gasteiger partial charge in [0.15, 0.2) is 0 Å². The zero-order valence-corrected chi connectivity index (χ0v) is 24.4. The van der Waals surface area contributed by atoms with Gasteiger partial charge in [0.05, 0.1) is 0 Å². The minimum Gasteiger partial charge on any atom is -0.328 e. The third kappa shape index (κ3) is 8.22. The summed E-state index contributed by atoms with van der Waals surface area (Å²) in [7, 11) is 0. The van der Waals surface area contributed by atoms with Crippen LogP contribution in [0.15, 0.2) is 0 Å². The van der Waals surface area contributed by atoms with Gasteiger partial charge in [0.2, 0.25) is 0 Å². The van der Waals surface area contributed by atoms with Crippen LogP contribution in [0.4, 0.5) is 0 Å². The van der Waals surface area contributed by atoms with Gasteiger partial charge in [-0.3, -0.25) is 0 Å². The molecule has 4 saturated carbocycles. The number of hydrogen-bond acceptors (Lipinski definition) is 1. The highest BCUT2D eigenvalue weighted by Gasteiger charge is 2.38. The molecule has 4 aliphatic rings. The first-order valence-electron chi connectivity index (χ1n) is 16.6. The molecule has 2 N–H and O–H groups in total. The van der Waals surface area contributed by atoms with Crippen LogP contribution in [0.1, 0.15) is 150 Å². The van der Waals surface area contributed by atoms with Crippen LogP contribution < -0.4 is 5.73 Å². The Morgan fingerprint density at radius 2 is 1.00 bits per heavy atom. The van der Waals surface area contributed by atoms with E-state index < -0.39 is 0 Å². The molecular weight excluding hydrogens is 422 g/mol. The third-order valence-corrected chi connectivity index (χ3v) is 11.9. The maximum absolute atomic E-state index is 6.39.